The summed E-state index contributed by atoms with van der Waals surface area (Å²) < 4.78 is 26.4. The van der Waals surface area contributed by atoms with Crippen LogP contribution in [-0.4, -0.2) is 11.2 Å². The molecule has 1 aromatic carbocycles. The maximum Gasteiger partial charge on any atom is 0.298 e. The number of halogens is 2. The van der Waals surface area contributed by atoms with Crippen molar-refractivity contribution >= 4 is 0 Å². The van der Waals surface area contributed by atoms with Gasteiger partial charge in [0.25, 0.3) is 5.92 Å². The zero-order valence-corrected chi connectivity index (χ0v) is 7.59. The maximum absolute atomic E-state index is 13.2. The van der Waals surface area contributed by atoms with Crippen LogP contribution in [-0.2, 0) is 5.92 Å². The van der Waals surface area contributed by atoms with Crippen LogP contribution in [0.5, 0.6) is 0 Å². The molecule has 1 aromatic rings. The first-order valence-corrected chi connectivity index (χ1v) is 4.07. The highest BCUT2D eigenvalue weighted by atomic mass is 19.3. The fourth-order valence-electron chi connectivity index (χ4n) is 1.09. The molecule has 0 unspecified atom stereocenters. The highest BCUT2D eigenvalue weighted by Crippen LogP contribution is 2.31. The molecule has 1 rings (SSSR count). The maximum atomic E-state index is 13.2. The highest BCUT2D eigenvalue weighted by Gasteiger charge is 2.37. The predicted octanol–water partition coefficient (Wildman–Crippen LogP) is 2.47. The minimum Gasteiger partial charge on any atom is -0.387 e. The molecule has 0 aliphatic rings. The van der Waals surface area contributed by atoms with Crippen LogP contribution in [0.2, 0.25) is 0 Å². The van der Waals surface area contributed by atoms with Gasteiger partial charge in [-0.15, -0.1) is 0 Å². The second-order valence-corrected chi connectivity index (χ2v) is 3.17. The highest BCUT2D eigenvalue weighted by molar-refractivity contribution is 5.26. The van der Waals surface area contributed by atoms with Crippen LogP contribution < -0.4 is 0 Å². The molecule has 0 fully saturated rings. The Hall–Kier alpha value is -0.960. The lowest BCUT2D eigenvalue weighted by Crippen LogP contribution is -2.27. The second-order valence-electron chi connectivity index (χ2n) is 3.17. The van der Waals surface area contributed by atoms with E-state index >= 15 is 0 Å². The fraction of sp³-hybridized carbons (Fsp3) is 0.400. The predicted molar refractivity (Wildman–Crippen MR) is 46.8 cm³/mol. The SMILES string of the molecule is Cc1cccc(C(F)(F)[C@H](C)O)c1. The van der Waals surface area contributed by atoms with Gasteiger partial charge in [0.15, 0.2) is 0 Å². The normalized spacial score (nSPS) is 14.2. The molecule has 0 saturated heterocycles. The molecule has 0 spiro atoms. The first-order valence-electron chi connectivity index (χ1n) is 4.07. The summed E-state index contributed by atoms with van der Waals surface area (Å²) in [5.74, 6) is -3.16. The molecule has 0 aliphatic carbocycles. The van der Waals surface area contributed by atoms with Gasteiger partial charge in [-0.25, -0.2) is 0 Å². The summed E-state index contributed by atoms with van der Waals surface area (Å²) in [6, 6.07) is 6.00. The summed E-state index contributed by atoms with van der Waals surface area (Å²) >= 11 is 0. The molecule has 1 N–H and O–H groups in total. The van der Waals surface area contributed by atoms with Crippen molar-refractivity contribution in [3.05, 3.63) is 35.4 Å². The monoisotopic (exact) mass is 186 g/mol. The van der Waals surface area contributed by atoms with Crippen LogP contribution >= 0.6 is 0 Å². The van der Waals surface area contributed by atoms with Crippen LogP contribution in [0.3, 0.4) is 0 Å². The lowest BCUT2D eigenvalue weighted by Gasteiger charge is -2.19. The van der Waals surface area contributed by atoms with Crippen molar-refractivity contribution in [3.63, 3.8) is 0 Å². The van der Waals surface area contributed by atoms with Crippen LogP contribution in [0.1, 0.15) is 18.1 Å². The quantitative estimate of drug-likeness (QED) is 0.752. The Bertz CT molecular complexity index is 295. The van der Waals surface area contributed by atoms with Crippen molar-refractivity contribution in [1.29, 1.82) is 0 Å². The van der Waals surface area contributed by atoms with Crippen LogP contribution in [0.25, 0.3) is 0 Å². The lowest BCUT2D eigenvalue weighted by atomic mass is 10.0. The molecule has 0 radical (unpaired) electrons. The van der Waals surface area contributed by atoms with Gasteiger partial charge in [0.2, 0.25) is 0 Å². The van der Waals surface area contributed by atoms with E-state index < -0.39 is 12.0 Å². The Labute approximate surface area is 76.0 Å². The number of rotatable bonds is 2. The zero-order chi connectivity index (χ0) is 10.1. The van der Waals surface area contributed by atoms with Gasteiger partial charge in [0.1, 0.15) is 6.10 Å². The van der Waals surface area contributed by atoms with Gasteiger partial charge < -0.3 is 5.11 Å². The van der Waals surface area contributed by atoms with Crippen molar-refractivity contribution in [2.45, 2.75) is 25.9 Å². The average molecular weight is 186 g/mol. The molecular formula is C10H12F2O. The average Bonchev–Trinajstić information content (AvgIpc) is 2.04. The van der Waals surface area contributed by atoms with Gasteiger partial charge >= 0.3 is 0 Å². The van der Waals surface area contributed by atoms with Gasteiger partial charge in [0, 0.05) is 5.56 Å². The third kappa shape index (κ3) is 2.04. The number of alkyl halides is 2. The van der Waals surface area contributed by atoms with Crippen molar-refractivity contribution in [2.24, 2.45) is 0 Å². The van der Waals surface area contributed by atoms with E-state index in [1.807, 2.05) is 0 Å². The molecule has 0 aromatic heterocycles. The minimum atomic E-state index is -3.16. The second kappa shape index (κ2) is 3.42. The van der Waals surface area contributed by atoms with Crippen LogP contribution in [0.15, 0.2) is 24.3 Å². The molecule has 0 saturated carbocycles. The molecular weight excluding hydrogens is 174 g/mol. The smallest absolute Gasteiger partial charge is 0.298 e. The van der Waals surface area contributed by atoms with E-state index in [1.165, 1.54) is 12.1 Å². The third-order valence-electron chi connectivity index (χ3n) is 1.93. The first kappa shape index (κ1) is 10.1. The summed E-state index contributed by atoms with van der Waals surface area (Å²) in [5, 5.41) is 8.87. The molecule has 3 heteroatoms. The van der Waals surface area contributed by atoms with Gasteiger partial charge in [-0.2, -0.15) is 8.78 Å². The van der Waals surface area contributed by atoms with E-state index in [2.05, 4.69) is 0 Å². The van der Waals surface area contributed by atoms with E-state index in [-0.39, 0.29) is 5.56 Å². The Morgan fingerprint density at radius 2 is 2.00 bits per heavy atom. The van der Waals surface area contributed by atoms with E-state index in [0.29, 0.717) is 0 Å². The summed E-state index contributed by atoms with van der Waals surface area (Å²) in [6.45, 7) is 2.82. The van der Waals surface area contributed by atoms with Crippen LogP contribution in [0, 0.1) is 6.92 Å². The number of aryl methyl sites for hydroxylation is 1. The third-order valence-corrected chi connectivity index (χ3v) is 1.93. The van der Waals surface area contributed by atoms with E-state index in [1.54, 1.807) is 19.1 Å². The number of hydrogen-bond acceptors (Lipinski definition) is 1. The minimum absolute atomic E-state index is 0.137. The van der Waals surface area contributed by atoms with Gasteiger partial charge in [-0.3, -0.25) is 0 Å². The largest absolute Gasteiger partial charge is 0.387 e. The van der Waals surface area contributed by atoms with Crippen molar-refractivity contribution in [2.75, 3.05) is 0 Å². The van der Waals surface area contributed by atoms with Crippen molar-refractivity contribution < 1.29 is 13.9 Å². The summed E-state index contributed by atoms with van der Waals surface area (Å²) in [4.78, 5) is 0. The van der Waals surface area contributed by atoms with Gasteiger partial charge in [0.05, 0.1) is 0 Å². The standard InChI is InChI=1S/C10H12F2O/c1-7-4-3-5-9(6-7)10(11,12)8(2)13/h3-6,8,13H,1-2H3/t8-/m0/s1. The van der Waals surface area contributed by atoms with Crippen LogP contribution in [0.4, 0.5) is 8.78 Å². The Morgan fingerprint density at radius 1 is 1.38 bits per heavy atom. The molecule has 0 heterocycles. The molecule has 13 heavy (non-hydrogen) atoms. The number of hydrogen-bond donors (Lipinski definition) is 1. The van der Waals surface area contributed by atoms with Crippen molar-refractivity contribution in [3.8, 4) is 0 Å². The molecule has 1 atom stereocenters. The summed E-state index contributed by atoms with van der Waals surface area (Å²) in [6.07, 6.45) is -1.66. The number of aliphatic hydroxyl groups is 1. The Morgan fingerprint density at radius 3 is 2.46 bits per heavy atom. The van der Waals surface area contributed by atoms with E-state index in [9.17, 15) is 8.78 Å². The lowest BCUT2D eigenvalue weighted by molar-refractivity contribution is -0.106. The Kier molecular flexibility index (Phi) is 2.66. The van der Waals surface area contributed by atoms with Gasteiger partial charge in [-0.05, 0) is 13.8 Å². The van der Waals surface area contributed by atoms with E-state index in [0.717, 1.165) is 12.5 Å². The molecule has 0 bridgehead atoms. The number of aliphatic hydroxyl groups excluding tert-OH is 1. The van der Waals surface area contributed by atoms with E-state index in [4.69, 9.17) is 5.11 Å². The molecule has 1 nitrogen and oxygen atoms in total. The Balaban J connectivity index is 3.07. The summed E-state index contributed by atoms with van der Waals surface area (Å²) in [7, 11) is 0. The fourth-order valence-corrected chi connectivity index (χ4v) is 1.09. The summed E-state index contributed by atoms with van der Waals surface area (Å²) in [5.41, 5.74) is 0.625. The molecule has 0 amide bonds. The number of benzene rings is 1. The topological polar surface area (TPSA) is 20.2 Å². The molecule has 72 valence electrons. The van der Waals surface area contributed by atoms with Crippen molar-refractivity contribution in [1.82, 2.24) is 0 Å². The first-order chi connectivity index (χ1) is 5.94. The zero-order valence-electron chi connectivity index (χ0n) is 7.59. The molecule has 0 aliphatic heterocycles. The van der Waals surface area contributed by atoms with Gasteiger partial charge in [-0.1, -0.05) is 29.8 Å².